The van der Waals surface area contributed by atoms with E-state index in [1.165, 1.54) is 32.4 Å². The predicted molar refractivity (Wildman–Crippen MR) is 85.7 cm³/mol. The SMILES string of the molecule is CN(C)C1CCN2CCc3ccccc3C2C1.Cl.Cl. The molecule has 1 aromatic carbocycles. The van der Waals surface area contributed by atoms with Crippen LogP contribution in [0.3, 0.4) is 0 Å². The van der Waals surface area contributed by atoms with Crippen LogP contribution in [0.15, 0.2) is 24.3 Å². The lowest BCUT2D eigenvalue weighted by Crippen LogP contribution is -2.46. The first-order chi connectivity index (χ1) is 8.25. The number of piperidine rings is 1. The van der Waals surface area contributed by atoms with Crippen molar-refractivity contribution in [3.63, 3.8) is 0 Å². The summed E-state index contributed by atoms with van der Waals surface area (Å²) in [7, 11) is 4.43. The van der Waals surface area contributed by atoms with Crippen molar-refractivity contribution in [3.8, 4) is 0 Å². The third-order valence-corrected chi connectivity index (χ3v) is 4.50. The quantitative estimate of drug-likeness (QED) is 0.786. The fourth-order valence-electron chi connectivity index (χ4n) is 3.41. The van der Waals surface area contributed by atoms with Gasteiger partial charge in [-0.3, -0.25) is 4.90 Å². The van der Waals surface area contributed by atoms with E-state index in [2.05, 4.69) is 48.2 Å². The zero-order chi connectivity index (χ0) is 11.8. The van der Waals surface area contributed by atoms with Gasteiger partial charge >= 0.3 is 0 Å². The second-order valence-corrected chi connectivity index (χ2v) is 5.64. The van der Waals surface area contributed by atoms with Gasteiger partial charge in [0.15, 0.2) is 0 Å². The predicted octanol–water partition coefficient (Wildman–Crippen LogP) is 3.15. The highest BCUT2D eigenvalue weighted by Gasteiger charge is 2.33. The Morgan fingerprint density at radius 1 is 1.11 bits per heavy atom. The van der Waals surface area contributed by atoms with E-state index in [4.69, 9.17) is 0 Å². The van der Waals surface area contributed by atoms with Crippen molar-refractivity contribution in [1.29, 1.82) is 0 Å². The number of benzene rings is 1. The fourth-order valence-corrected chi connectivity index (χ4v) is 3.41. The summed E-state index contributed by atoms with van der Waals surface area (Å²) in [6.07, 6.45) is 3.86. The van der Waals surface area contributed by atoms with Crippen LogP contribution in [-0.4, -0.2) is 43.0 Å². The average molecular weight is 303 g/mol. The molecule has 1 aromatic rings. The van der Waals surface area contributed by atoms with Gasteiger partial charge in [-0.25, -0.2) is 0 Å². The van der Waals surface area contributed by atoms with E-state index in [-0.39, 0.29) is 24.8 Å². The van der Waals surface area contributed by atoms with Gasteiger partial charge in [0.2, 0.25) is 0 Å². The maximum Gasteiger partial charge on any atom is 0.0365 e. The Balaban J connectivity index is 0.000000902. The van der Waals surface area contributed by atoms with E-state index < -0.39 is 0 Å². The van der Waals surface area contributed by atoms with Crippen molar-refractivity contribution >= 4 is 24.8 Å². The highest BCUT2D eigenvalue weighted by Crippen LogP contribution is 2.37. The zero-order valence-electron chi connectivity index (χ0n) is 11.7. The molecular weight excluding hydrogens is 279 g/mol. The summed E-state index contributed by atoms with van der Waals surface area (Å²) in [5, 5.41) is 0. The molecule has 0 bridgehead atoms. The maximum atomic E-state index is 2.68. The van der Waals surface area contributed by atoms with Crippen molar-refractivity contribution in [2.75, 3.05) is 27.2 Å². The second-order valence-electron chi connectivity index (χ2n) is 5.64. The van der Waals surface area contributed by atoms with E-state index in [9.17, 15) is 0 Å². The van der Waals surface area contributed by atoms with Crippen LogP contribution in [0.1, 0.15) is 30.0 Å². The minimum Gasteiger partial charge on any atom is -0.306 e. The Morgan fingerprint density at radius 3 is 2.58 bits per heavy atom. The molecule has 2 heterocycles. The molecule has 2 nitrogen and oxygen atoms in total. The fraction of sp³-hybridized carbons (Fsp3) is 0.600. The van der Waals surface area contributed by atoms with Crippen molar-refractivity contribution in [2.24, 2.45) is 0 Å². The van der Waals surface area contributed by atoms with Crippen molar-refractivity contribution in [3.05, 3.63) is 35.4 Å². The normalized spacial score (nSPS) is 25.8. The Hall–Kier alpha value is -0.280. The molecule has 3 rings (SSSR count). The van der Waals surface area contributed by atoms with E-state index >= 15 is 0 Å². The maximum absolute atomic E-state index is 2.68. The van der Waals surface area contributed by atoms with Gasteiger partial charge in [-0.15, -0.1) is 24.8 Å². The van der Waals surface area contributed by atoms with Gasteiger partial charge in [0.25, 0.3) is 0 Å². The van der Waals surface area contributed by atoms with Gasteiger partial charge in [-0.2, -0.15) is 0 Å². The molecule has 0 amide bonds. The lowest BCUT2D eigenvalue weighted by atomic mass is 9.85. The van der Waals surface area contributed by atoms with Crippen LogP contribution < -0.4 is 0 Å². The Bertz CT molecular complexity index is 409. The summed E-state index contributed by atoms with van der Waals surface area (Å²) < 4.78 is 0. The highest BCUT2D eigenvalue weighted by atomic mass is 35.5. The molecule has 0 radical (unpaired) electrons. The van der Waals surface area contributed by atoms with E-state index in [1.807, 2.05) is 0 Å². The smallest absolute Gasteiger partial charge is 0.0365 e. The minimum absolute atomic E-state index is 0. The minimum atomic E-state index is 0. The Kier molecular flexibility index (Phi) is 6.13. The average Bonchev–Trinajstić information content (AvgIpc) is 2.38. The number of hydrogen-bond donors (Lipinski definition) is 0. The number of rotatable bonds is 1. The third kappa shape index (κ3) is 3.25. The molecule has 0 spiro atoms. The summed E-state index contributed by atoms with van der Waals surface area (Å²) >= 11 is 0. The molecule has 0 aromatic heterocycles. The van der Waals surface area contributed by atoms with Crippen LogP contribution in [0.5, 0.6) is 0 Å². The van der Waals surface area contributed by atoms with E-state index in [1.54, 1.807) is 11.1 Å². The molecule has 19 heavy (non-hydrogen) atoms. The monoisotopic (exact) mass is 302 g/mol. The molecule has 1 fully saturated rings. The summed E-state index contributed by atoms with van der Waals surface area (Å²) in [6.45, 7) is 2.52. The summed E-state index contributed by atoms with van der Waals surface area (Å²) in [4.78, 5) is 5.08. The van der Waals surface area contributed by atoms with Gasteiger partial charge in [0, 0.05) is 25.2 Å². The topological polar surface area (TPSA) is 6.48 Å². The van der Waals surface area contributed by atoms with Gasteiger partial charge in [0.05, 0.1) is 0 Å². The third-order valence-electron chi connectivity index (χ3n) is 4.50. The number of hydrogen-bond acceptors (Lipinski definition) is 2. The second kappa shape index (κ2) is 6.94. The van der Waals surface area contributed by atoms with Crippen LogP contribution in [0.25, 0.3) is 0 Å². The van der Waals surface area contributed by atoms with Gasteiger partial charge in [-0.05, 0) is 44.5 Å². The lowest BCUT2D eigenvalue weighted by Gasteiger charge is -2.45. The standard InChI is InChI=1S/C15H22N2.2ClH/c1-16(2)13-8-10-17-9-7-12-5-3-4-6-14(12)15(17)11-13;;/h3-6,13,15H,7-11H2,1-2H3;2*1H. The van der Waals surface area contributed by atoms with Crippen molar-refractivity contribution < 1.29 is 0 Å². The Morgan fingerprint density at radius 2 is 1.84 bits per heavy atom. The number of nitrogens with zero attached hydrogens (tertiary/aromatic N) is 2. The molecule has 2 aliphatic rings. The largest absolute Gasteiger partial charge is 0.306 e. The zero-order valence-corrected chi connectivity index (χ0v) is 13.3. The summed E-state index contributed by atoms with van der Waals surface area (Å²) in [5.41, 5.74) is 3.17. The first kappa shape index (κ1) is 16.8. The van der Waals surface area contributed by atoms with Crippen molar-refractivity contribution in [2.45, 2.75) is 31.3 Å². The van der Waals surface area contributed by atoms with Crippen LogP contribution in [-0.2, 0) is 6.42 Å². The summed E-state index contributed by atoms with van der Waals surface area (Å²) in [6, 6.07) is 10.4. The molecule has 4 heteroatoms. The van der Waals surface area contributed by atoms with Crippen LogP contribution in [0.4, 0.5) is 0 Å². The molecule has 2 unspecified atom stereocenters. The number of fused-ring (bicyclic) bond motifs is 3. The van der Waals surface area contributed by atoms with Crippen LogP contribution in [0.2, 0.25) is 0 Å². The molecule has 0 N–H and O–H groups in total. The first-order valence-corrected chi connectivity index (χ1v) is 6.74. The van der Waals surface area contributed by atoms with E-state index in [0.717, 1.165) is 6.04 Å². The van der Waals surface area contributed by atoms with Gasteiger partial charge in [0.1, 0.15) is 0 Å². The van der Waals surface area contributed by atoms with Crippen LogP contribution >= 0.6 is 24.8 Å². The Labute approximate surface area is 129 Å². The molecule has 1 saturated heterocycles. The highest BCUT2D eigenvalue weighted by molar-refractivity contribution is 5.85. The van der Waals surface area contributed by atoms with E-state index in [0.29, 0.717) is 6.04 Å². The lowest BCUT2D eigenvalue weighted by molar-refractivity contribution is 0.0809. The molecular formula is C15H24Cl2N2. The van der Waals surface area contributed by atoms with Gasteiger partial charge < -0.3 is 4.90 Å². The molecule has 2 atom stereocenters. The molecule has 0 saturated carbocycles. The molecule has 2 aliphatic heterocycles. The number of halogens is 2. The van der Waals surface area contributed by atoms with Gasteiger partial charge in [-0.1, -0.05) is 24.3 Å². The summed E-state index contributed by atoms with van der Waals surface area (Å²) in [5.74, 6) is 0. The van der Waals surface area contributed by atoms with Crippen LogP contribution in [0, 0.1) is 0 Å². The first-order valence-electron chi connectivity index (χ1n) is 6.74. The molecule has 108 valence electrons. The molecule has 0 aliphatic carbocycles. The van der Waals surface area contributed by atoms with Crippen molar-refractivity contribution in [1.82, 2.24) is 9.80 Å².